The number of carbonyl (C=O) groups excluding carboxylic acids is 1. The number of aromatic amines is 1. The van der Waals surface area contributed by atoms with Gasteiger partial charge in [0.05, 0.1) is 0 Å². The highest BCUT2D eigenvalue weighted by Gasteiger charge is 2.42. The normalized spacial score (nSPS) is 21.1. The number of amides is 1. The molecule has 0 aliphatic carbocycles. The van der Waals surface area contributed by atoms with Crippen molar-refractivity contribution in [2.45, 2.75) is 0 Å². The highest BCUT2D eigenvalue weighted by atomic mass is 16.2. The Balaban J connectivity index is 1.29. The van der Waals surface area contributed by atoms with Crippen molar-refractivity contribution in [1.82, 2.24) is 29.6 Å². The van der Waals surface area contributed by atoms with Crippen molar-refractivity contribution < 1.29 is 4.79 Å². The summed E-state index contributed by atoms with van der Waals surface area (Å²) in [6.45, 7) is 2.97. The van der Waals surface area contributed by atoms with Crippen molar-refractivity contribution in [1.29, 1.82) is 0 Å². The number of hydrogen-bond acceptors (Lipinski definition) is 6. The zero-order valence-corrected chi connectivity index (χ0v) is 15.1. The van der Waals surface area contributed by atoms with Gasteiger partial charge in [0.15, 0.2) is 5.82 Å². The second-order valence-corrected chi connectivity index (χ2v) is 7.23. The van der Waals surface area contributed by atoms with Gasteiger partial charge >= 0.3 is 0 Å². The smallest absolute Gasteiger partial charge is 0.260 e. The summed E-state index contributed by atoms with van der Waals surface area (Å²) in [5.41, 5.74) is -0.127. The standard InChI is InChI=1S/C19H19N7O2/c27-18-15(3-1-4-20-18)19(28)25-10-13-8-24(9-14(13)11-25)16-7-17(22-12-21-16)26-6-2-5-23-26/h1-7,12-14H,8-11H2,(H,20,27). The molecule has 3 aromatic rings. The zero-order valence-electron chi connectivity index (χ0n) is 15.1. The van der Waals surface area contributed by atoms with Gasteiger partial charge in [-0.15, -0.1) is 0 Å². The maximum atomic E-state index is 12.7. The lowest BCUT2D eigenvalue weighted by Crippen LogP contribution is -2.36. The van der Waals surface area contributed by atoms with E-state index in [1.54, 1.807) is 34.2 Å². The van der Waals surface area contributed by atoms with Crippen LogP contribution in [0.4, 0.5) is 5.82 Å². The van der Waals surface area contributed by atoms with Crippen LogP contribution in [0, 0.1) is 11.8 Å². The van der Waals surface area contributed by atoms with Crippen LogP contribution in [0.15, 0.2) is 54.0 Å². The predicted molar refractivity (Wildman–Crippen MR) is 101 cm³/mol. The second-order valence-electron chi connectivity index (χ2n) is 7.23. The van der Waals surface area contributed by atoms with Gasteiger partial charge in [0.2, 0.25) is 0 Å². The Labute approximate surface area is 160 Å². The van der Waals surface area contributed by atoms with Gasteiger partial charge in [-0.1, -0.05) is 0 Å². The average Bonchev–Trinajstić information content (AvgIpc) is 3.44. The third-order valence-corrected chi connectivity index (χ3v) is 5.52. The molecule has 3 aromatic heterocycles. The first-order valence-electron chi connectivity index (χ1n) is 9.23. The minimum absolute atomic E-state index is 0.189. The van der Waals surface area contributed by atoms with Gasteiger partial charge in [0.25, 0.3) is 11.5 Å². The van der Waals surface area contributed by atoms with E-state index >= 15 is 0 Å². The highest BCUT2D eigenvalue weighted by Crippen LogP contribution is 2.33. The maximum absolute atomic E-state index is 12.7. The van der Waals surface area contributed by atoms with Gasteiger partial charge in [0, 0.05) is 62.7 Å². The van der Waals surface area contributed by atoms with Gasteiger partial charge in [-0.2, -0.15) is 5.10 Å². The molecule has 2 unspecified atom stereocenters. The molecule has 1 N–H and O–H groups in total. The molecule has 2 atom stereocenters. The minimum atomic E-state index is -0.335. The Hall–Kier alpha value is -3.49. The lowest BCUT2D eigenvalue weighted by Gasteiger charge is -2.22. The number of pyridine rings is 1. The summed E-state index contributed by atoms with van der Waals surface area (Å²) < 4.78 is 1.71. The summed E-state index contributed by atoms with van der Waals surface area (Å²) in [5, 5.41) is 4.21. The molecule has 142 valence electrons. The number of fused-ring (bicyclic) bond motifs is 1. The zero-order chi connectivity index (χ0) is 19.1. The molecule has 2 aliphatic heterocycles. The molecule has 1 amide bonds. The first kappa shape index (κ1) is 16.7. The van der Waals surface area contributed by atoms with Crippen molar-refractivity contribution in [3.05, 3.63) is 65.1 Å². The van der Waals surface area contributed by atoms with Crippen LogP contribution < -0.4 is 10.5 Å². The van der Waals surface area contributed by atoms with Crippen LogP contribution in [-0.2, 0) is 0 Å². The monoisotopic (exact) mass is 377 g/mol. The Morgan fingerprint density at radius 3 is 2.57 bits per heavy atom. The van der Waals surface area contributed by atoms with E-state index in [0.29, 0.717) is 24.9 Å². The molecular weight excluding hydrogens is 358 g/mol. The predicted octanol–water partition coefficient (Wildman–Crippen LogP) is 0.559. The number of hydrogen-bond donors (Lipinski definition) is 1. The van der Waals surface area contributed by atoms with Crippen LogP contribution in [0.3, 0.4) is 0 Å². The molecule has 5 rings (SSSR count). The molecule has 9 nitrogen and oxygen atoms in total. The first-order valence-corrected chi connectivity index (χ1v) is 9.23. The summed E-state index contributed by atoms with van der Waals surface area (Å²) >= 11 is 0. The average molecular weight is 377 g/mol. The van der Waals surface area contributed by atoms with Crippen LogP contribution in [0.2, 0.25) is 0 Å². The summed E-state index contributed by atoms with van der Waals surface area (Å²) in [4.78, 5) is 39.9. The number of nitrogens with zero attached hydrogens (tertiary/aromatic N) is 6. The minimum Gasteiger partial charge on any atom is -0.356 e. The van der Waals surface area contributed by atoms with E-state index in [-0.39, 0.29) is 17.0 Å². The van der Waals surface area contributed by atoms with Crippen molar-refractivity contribution in [2.75, 3.05) is 31.1 Å². The Morgan fingerprint density at radius 2 is 1.86 bits per heavy atom. The van der Waals surface area contributed by atoms with E-state index in [0.717, 1.165) is 24.7 Å². The third kappa shape index (κ3) is 2.84. The van der Waals surface area contributed by atoms with Gasteiger partial charge in [-0.3, -0.25) is 9.59 Å². The van der Waals surface area contributed by atoms with Crippen LogP contribution in [0.1, 0.15) is 10.4 Å². The molecule has 0 saturated carbocycles. The third-order valence-electron chi connectivity index (χ3n) is 5.52. The van der Waals surface area contributed by atoms with Gasteiger partial charge in [0.1, 0.15) is 17.7 Å². The number of likely N-dealkylation sites (tertiary alicyclic amines) is 1. The molecule has 0 radical (unpaired) electrons. The summed E-state index contributed by atoms with van der Waals surface area (Å²) in [6, 6.07) is 7.05. The van der Waals surface area contributed by atoms with Crippen molar-refractivity contribution in [3.8, 4) is 5.82 Å². The molecule has 0 spiro atoms. The van der Waals surface area contributed by atoms with Gasteiger partial charge < -0.3 is 14.8 Å². The lowest BCUT2D eigenvalue weighted by atomic mass is 10.0. The van der Waals surface area contributed by atoms with Crippen molar-refractivity contribution in [3.63, 3.8) is 0 Å². The fourth-order valence-corrected chi connectivity index (χ4v) is 4.15. The molecule has 9 heteroatoms. The highest BCUT2D eigenvalue weighted by molar-refractivity contribution is 5.94. The molecule has 2 saturated heterocycles. The van der Waals surface area contributed by atoms with E-state index in [2.05, 4.69) is 25.0 Å². The van der Waals surface area contributed by atoms with E-state index < -0.39 is 0 Å². The molecule has 0 aromatic carbocycles. The molecule has 2 aliphatic rings. The number of carbonyl (C=O) groups is 1. The summed E-state index contributed by atoms with van der Waals surface area (Å²) in [6.07, 6.45) is 6.65. The van der Waals surface area contributed by atoms with Crippen LogP contribution in [0.25, 0.3) is 5.82 Å². The fourth-order valence-electron chi connectivity index (χ4n) is 4.15. The summed E-state index contributed by atoms with van der Waals surface area (Å²) in [5.74, 6) is 2.15. The van der Waals surface area contributed by atoms with Crippen LogP contribution in [-0.4, -0.2) is 61.7 Å². The molecule has 0 bridgehead atoms. The van der Waals surface area contributed by atoms with Crippen molar-refractivity contribution in [2.24, 2.45) is 11.8 Å². The van der Waals surface area contributed by atoms with E-state index in [1.165, 1.54) is 6.20 Å². The largest absolute Gasteiger partial charge is 0.356 e. The first-order chi connectivity index (χ1) is 13.7. The Kier molecular flexibility index (Phi) is 3.92. The van der Waals surface area contributed by atoms with E-state index in [1.807, 2.05) is 18.3 Å². The number of anilines is 1. The molecule has 28 heavy (non-hydrogen) atoms. The quantitative estimate of drug-likeness (QED) is 0.716. The number of nitrogens with one attached hydrogen (secondary N) is 1. The molecule has 2 fully saturated rings. The second kappa shape index (κ2) is 6.59. The molecular formula is C19H19N7O2. The van der Waals surface area contributed by atoms with Crippen LogP contribution >= 0.6 is 0 Å². The Morgan fingerprint density at radius 1 is 1.07 bits per heavy atom. The van der Waals surface area contributed by atoms with Gasteiger partial charge in [-0.05, 0) is 18.2 Å². The lowest BCUT2D eigenvalue weighted by molar-refractivity contribution is 0.0781. The van der Waals surface area contributed by atoms with Crippen molar-refractivity contribution >= 4 is 11.7 Å². The van der Waals surface area contributed by atoms with Crippen LogP contribution in [0.5, 0.6) is 0 Å². The number of aromatic nitrogens is 5. The summed E-state index contributed by atoms with van der Waals surface area (Å²) in [7, 11) is 0. The Bertz CT molecular complexity index is 1050. The molecule has 5 heterocycles. The van der Waals surface area contributed by atoms with E-state index in [4.69, 9.17) is 0 Å². The number of rotatable bonds is 3. The number of H-pyrrole nitrogens is 1. The SMILES string of the molecule is O=C(c1ccc[nH]c1=O)N1CC2CN(c3cc(-n4cccn4)ncn3)CC2C1. The van der Waals surface area contributed by atoms with Gasteiger partial charge in [-0.25, -0.2) is 14.6 Å². The fraction of sp³-hybridized carbons (Fsp3) is 0.316. The van der Waals surface area contributed by atoms with E-state index in [9.17, 15) is 9.59 Å². The maximum Gasteiger partial charge on any atom is 0.260 e. The topological polar surface area (TPSA) is 100 Å².